The van der Waals surface area contributed by atoms with E-state index in [1.54, 1.807) is 6.20 Å². The van der Waals surface area contributed by atoms with E-state index in [2.05, 4.69) is 34.8 Å². The van der Waals surface area contributed by atoms with E-state index in [1.165, 1.54) is 51.4 Å². The molecule has 52 heavy (non-hydrogen) atoms. The predicted octanol–water partition coefficient (Wildman–Crippen LogP) is 5.90. The number of hydrogen-bond acceptors (Lipinski definition) is 6. The van der Waals surface area contributed by atoms with E-state index in [0.29, 0.717) is 19.3 Å². The Kier molecular flexibility index (Phi) is 22.1. The Balaban J connectivity index is 2.09. The summed E-state index contributed by atoms with van der Waals surface area (Å²) in [6, 6.07) is 3.38. The summed E-state index contributed by atoms with van der Waals surface area (Å²) in [5.74, 6) is -3.68. The molecule has 9 N–H and O–H groups in total. The molecule has 1 heterocycles. The summed E-state index contributed by atoms with van der Waals surface area (Å²) in [4.78, 5) is 67.6. The summed E-state index contributed by atoms with van der Waals surface area (Å²) >= 11 is 0. The van der Waals surface area contributed by atoms with E-state index in [-0.39, 0.29) is 12.8 Å². The number of rotatable bonds is 30. The number of carbonyl (C=O) groups is 5. The second-order valence-electron chi connectivity index (χ2n) is 14.2. The molecule has 292 valence electrons. The number of nitrogens with two attached hydrogens (primary N) is 2. The molecule has 12 nitrogen and oxygen atoms in total. The first kappa shape index (κ1) is 44.2. The quantitative estimate of drug-likeness (QED) is 0.0484. The lowest BCUT2D eigenvalue weighted by atomic mass is 10.0. The van der Waals surface area contributed by atoms with E-state index < -0.39 is 60.2 Å². The van der Waals surface area contributed by atoms with Crippen molar-refractivity contribution in [1.29, 1.82) is 0 Å². The number of amides is 4. The van der Waals surface area contributed by atoms with Crippen LogP contribution >= 0.6 is 0 Å². The molecule has 12 heteroatoms. The Morgan fingerprint density at radius 2 is 1.13 bits per heavy atom. The molecule has 1 aromatic heterocycles. The summed E-state index contributed by atoms with van der Waals surface area (Å²) in [5, 5.41) is 18.4. The summed E-state index contributed by atoms with van der Waals surface area (Å²) < 4.78 is 0. The number of H-pyrrole nitrogens is 1. The van der Waals surface area contributed by atoms with Crippen molar-refractivity contribution in [2.75, 3.05) is 0 Å². The second-order valence-corrected chi connectivity index (χ2v) is 14.2. The van der Waals surface area contributed by atoms with E-state index in [9.17, 15) is 29.1 Å². The monoisotopic (exact) mass is 727 g/mol. The highest BCUT2D eigenvalue weighted by Crippen LogP contribution is 2.19. The van der Waals surface area contributed by atoms with Gasteiger partial charge in [-0.25, -0.2) is 0 Å². The third kappa shape index (κ3) is 17.5. The van der Waals surface area contributed by atoms with Gasteiger partial charge in [0.05, 0.1) is 6.04 Å². The van der Waals surface area contributed by atoms with Crippen molar-refractivity contribution in [3.63, 3.8) is 0 Å². The molecule has 0 aliphatic rings. The fourth-order valence-corrected chi connectivity index (χ4v) is 6.48. The van der Waals surface area contributed by atoms with Crippen LogP contribution in [0, 0.1) is 0 Å². The molecule has 4 atom stereocenters. The van der Waals surface area contributed by atoms with Crippen LogP contribution in [0.3, 0.4) is 0 Å². The Labute approximate surface area is 310 Å². The Bertz CT molecular complexity index is 1360. The number of aliphatic carboxylic acids is 1. The largest absolute Gasteiger partial charge is 0.481 e. The SMILES string of the molecule is CCCCCCCCCCC(N)C(=O)NC(CCCCCCCCCC)C(=O)N[C@@H](CCC(=O)O)C(=O)N[C@@H](Cc1c[nH]c2ccccc12)C(N)=O. The lowest BCUT2D eigenvalue weighted by molar-refractivity contribution is -0.138. The van der Waals surface area contributed by atoms with Gasteiger partial charge in [-0.15, -0.1) is 0 Å². The minimum Gasteiger partial charge on any atom is -0.481 e. The standard InChI is InChI=1S/C40H66N6O6/c1-3-5-7-9-11-13-15-17-22-31(41)38(50)44-33(24-18-16-14-12-10-8-6-4-2)39(51)45-34(25-26-36(47)48)40(52)46-35(37(42)49)27-29-28-43-32-23-20-19-21-30(29)32/h19-21,23,28,31,33-35,43H,3-18,22,24-27,41H2,1-2H3,(H2,42,49)(H,44,50)(H,45,51)(H,46,52)(H,47,48)/t31?,33?,34-,35-/m0/s1. The maximum atomic E-state index is 13.7. The number of primary amides is 1. The summed E-state index contributed by atoms with van der Waals surface area (Å²) in [5.41, 5.74) is 13.6. The van der Waals surface area contributed by atoms with Crippen molar-refractivity contribution >= 4 is 40.5 Å². The first-order chi connectivity index (χ1) is 25.1. The third-order valence-corrected chi connectivity index (χ3v) is 9.72. The van der Waals surface area contributed by atoms with Gasteiger partial charge in [-0.1, -0.05) is 135 Å². The summed E-state index contributed by atoms with van der Waals surface area (Å²) in [6.07, 6.45) is 19.5. The number of para-hydroxylation sites is 1. The van der Waals surface area contributed by atoms with Crippen molar-refractivity contribution in [1.82, 2.24) is 20.9 Å². The van der Waals surface area contributed by atoms with E-state index in [0.717, 1.165) is 61.4 Å². The van der Waals surface area contributed by atoms with E-state index in [1.807, 2.05) is 24.3 Å². The molecule has 0 saturated carbocycles. The topological polar surface area (TPSA) is 210 Å². The van der Waals surface area contributed by atoms with Gasteiger partial charge in [0, 0.05) is 29.9 Å². The molecule has 0 saturated heterocycles. The zero-order valence-electron chi connectivity index (χ0n) is 31.7. The lowest BCUT2D eigenvalue weighted by Gasteiger charge is -2.25. The highest BCUT2D eigenvalue weighted by molar-refractivity contribution is 5.95. The van der Waals surface area contributed by atoms with Crippen LogP contribution in [-0.2, 0) is 30.4 Å². The van der Waals surface area contributed by atoms with Crippen LogP contribution in [0.15, 0.2) is 30.5 Å². The fraction of sp³-hybridized carbons (Fsp3) is 0.675. The highest BCUT2D eigenvalue weighted by Gasteiger charge is 2.30. The van der Waals surface area contributed by atoms with Gasteiger partial charge < -0.3 is 37.5 Å². The van der Waals surface area contributed by atoms with Crippen LogP contribution in [0.1, 0.15) is 148 Å². The third-order valence-electron chi connectivity index (χ3n) is 9.72. The van der Waals surface area contributed by atoms with Crippen molar-refractivity contribution in [2.24, 2.45) is 11.5 Å². The van der Waals surface area contributed by atoms with E-state index in [4.69, 9.17) is 11.5 Å². The van der Waals surface area contributed by atoms with Crippen molar-refractivity contribution in [3.8, 4) is 0 Å². The number of hydrogen-bond donors (Lipinski definition) is 7. The molecule has 4 amide bonds. The van der Waals surface area contributed by atoms with Gasteiger partial charge in [0.2, 0.25) is 23.6 Å². The number of carbonyl (C=O) groups excluding carboxylic acids is 4. The fourth-order valence-electron chi connectivity index (χ4n) is 6.48. The second kappa shape index (κ2) is 25.9. The van der Waals surface area contributed by atoms with Crippen molar-refractivity contribution < 1.29 is 29.1 Å². The molecule has 2 rings (SSSR count). The Morgan fingerprint density at radius 1 is 0.654 bits per heavy atom. The summed E-state index contributed by atoms with van der Waals surface area (Å²) in [6.45, 7) is 4.37. The van der Waals surface area contributed by atoms with E-state index >= 15 is 0 Å². The minimum absolute atomic E-state index is 0.0958. The first-order valence-corrected chi connectivity index (χ1v) is 19.8. The average Bonchev–Trinajstić information content (AvgIpc) is 3.53. The number of aromatic nitrogens is 1. The van der Waals surface area contributed by atoms with Crippen LogP contribution in [-0.4, -0.2) is 63.9 Å². The van der Waals surface area contributed by atoms with Gasteiger partial charge in [0.1, 0.15) is 18.1 Å². The van der Waals surface area contributed by atoms with Crippen LogP contribution < -0.4 is 27.4 Å². The van der Waals surface area contributed by atoms with Gasteiger partial charge in [0.25, 0.3) is 0 Å². The van der Waals surface area contributed by atoms with Crippen LogP contribution in [0.5, 0.6) is 0 Å². The molecule has 0 radical (unpaired) electrons. The smallest absolute Gasteiger partial charge is 0.303 e. The zero-order valence-corrected chi connectivity index (χ0v) is 31.7. The highest BCUT2D eigenvalue weighted by atomic mass is 16.4. The number of benzene rings is 1. The van der Waals surface area contributed by atoms with Gasteiger partial charge in [0.15, 0.2) is 0 Å². The number of fused-ring (bicyclic) bond motifs is 1. The molecule has 0 aliphatic carbocycles. The zero-order chi connectivity index (χ0) is 38.1. The predicted molar refractivity (Wildman–Crippen MR) is 206 cm³/mol. The first-order valence-electron chi connectivity index (χ1n) is 19.8. The molecule has 2 aromatic rings. The number of aromatic amines is 1. The van der Waals surface area contributed by atoms with Gasteiger partial charge >= 0.3 is 5.97 Å². The van der Waals surface area contributed by atoms with Crippen LogP contribution in [0.2, 0.25) is 0 Å². The number of carboxylic acids is 1. The normalized spacial score (nSPS) is 13.6. The Morgan fingerprint density at radius 3 is 1.69 bits per heavy atom. The van der Waals surface area contributed by atoms with Crippen molar-refractivity contribution in [2.45, 2.75) is 173 Å². The number of unbranched alkanes of at least 4 members (excludes halogenated alkanes) is 14. The minimum atomic E-state index is -1.28. The maximum Gasteiger partial charge on any atom is 0.303 e. The maximum absolute atomic E-state index is 13.7. The number of nitrogens with one attached hydrogen (secondary N) is 4. The van der Waals surface area contributed by atoms with Gasteiger partial charge in [-0.05, 0) is 30.9 Å². The number of carboxylic acid groups (broad SMARTS) is 1. The average molecular weight is 727 g/mol. The molecule has 1 aromatic carbocycles. The van der Waals surface area contributed by atoms with Crippen LogP contribution in [0.4, 0.5) is 0 Å². The Hall–Kier alpha value is -3.93. The molecule has 0 aliphatic heterocycles. The van der Waals surface area contributed by atoms with Crippen LogP contribution in [0.25, 0.3) is 10.9 Å². The van der Waals surface area contributed by atoms with Gasteiger partial charge in [-0.2, -0.15) is 0 Å². The molecule has 0 fully saturated rings. The molecular formula is C40H66N6O6. The lowest BCUT2D eigenvalue weighted by Crippen LogP contribution is -2.57. The summed E-state index contributed by atoms with van der Waals surface area (Å²) in [7, 11) is 0. The molecule has 2 unspecified atom stereocenters. The molecular weight excluding hydrogens is 660 g/mol. The van der Waals surface area contributed by atoms with Gasteiger partial charge in [-0.3, -0.25) is 24.0 Å². The molecule has 0 bridgehead atoms. The molecule has 0 spiro atoms. The van der Waals surface area contributed by atoms with Crippen molar-refractivity contribution in [3.05, 3.63) is 36.0 Å².